The molecule has 0 saturated heterocycles. The van der Waals surface area contributed by atoms with Crippen LogP contribution in [0.4, 0.5) is 5.69 Å². The zero-order chi connectivity index (χ0) is 16.4. The largest absolute Gasteiger partial charge is 0.478 e. The van der Waals surface area contributed by atoms with Crippen LogP contribution in [0.15, 0.2) is 42.5 Å². The van der Waals surface area contributed by atoms with Crippen LogP contribution in [0, 0.1) is 6.92 Å². The first kappa shape index (κ1) is 15.3. The molecule has 1 aliphatic heterocycles. The standard InChI is InChI=1S/C19H19NO3/c1-13-2-8-17-16(12-13)10-11-20(17)18(21)9-5-14-3-6-15(7-4-14)19(22)23/h2-4,6-8,12H,5,9-11H2,1H3,(H,22,23). The minimum absolute atomic E-state index is 0.120. The second kappa shape index (κ2) is 6.24. The van der Waals surface area contributed by atoms with E-state index < -0.39 is 5.97 Å². The van der Waals surface area contributed by atoms with Gasteiger partial charge in [0.1, 0.15) is 0 Å². The predicted molar refractivity (Wildman–Crippen MR) is 89.0 cm³/mol. The van der Waals surface area contributed by atoms with Gasteiger partial charge in [-0.05, 0) is 49.1 Å². The Balaban J connectivity index is 1.63. The number of anilines is 1. The number of hydrogen-bond acceptors (Lipinski definition) is 2. The molecule has 4 nitrogen and oxygen atoms in total. The monoisotopic (exact) mass is 309 g/mol. The number of carboxylic acid groups (broad SMARTS) is 1. The summed E-state index contributed by atoms with van der Waals surface area (Å²) in [5.41, 5.74) is 4.73. The van der Waals surface area contributed by atoms with Crippen molar-refractivity contribution in [2.45, 2.75) is 26.2 Å². The molecule has 0 saturated carbocycles. The van der Waals surface area contributed by atoms with E-state index in [9.17, 15) is 9.59 Å². The van der Waals surface area contributed by atoms with Gasteiger partial charge in [-0.2, -0.15) is 0 Å². The van der Waals surface area contributed by atoms with Crippen molar-refractivity contribution in [2.75, 3.05) is 11.4 Å². The van der Waals surface area contributed by atoms with Crippen LogP contribution in [0.25, 0.3) is 0 Å². The van der Waals surface area contributed by atoms with Crippen LogP contribution < -0.4 is 4.90 Å². The Morgan fingerprint density at radius 1 is 1.13 bits per heavy atom. The third kappa shape index (κ3) is 3.26. The molecular weight excluding hydrogens is 290 g/mol. The lowest BCUT2D eigenvalue weighted by Crippen LogP contribution is -2.29. The van der Waals surface area contributed by atoms with Gasteiger partial charge in [0.15, 0.2) is 0 Å². The highest BCUT2D eigenvalue weighted by Crippen LogP contribution is 2.29. The number of hydrogen-bond donors (Lipinski definition) is 1. The lowest BCUT2D eigenvalue weighted by atomic mass is 10.1. The van der Waals surface area contributed by atoms with Gasteiger partial charge in [-0.25, -0.2) is 4.79 Å². The highest BCUT2D eigenvalue weighted by atomic mass is 16.4. The first-order valence-electron chi connectivity index (χ1n) is 7.77. The summed E-state index contributed by atoms with van der Waals surface area (Å²) in [7, 11) is 0. The Kier molecular flexibility index (Phi) is 4.15. The zero-order valence-electron chi connectivity index (χ0n) is 13.1. The average molecular weight is 309 g/mol. The number of amides is 1. The van der Waals surface area contributed by atoms with E-state index in [1.807, 2.05) is 17.0 Å². The van der Waals surface area contributed by atoms with Crippen molar-refractivity contribution in [3.8, 4) is 0 Å². The van der Waals surface area contributed by atoms with Gasteiger partial charge in [0, 0.05) is 18.7 Å². The predicted octanol–water partition coefficient (Wildman–Crippen LogP) is 3.22. The lowest BCUT2D eigenvalue weighted by molar-refractivity contribution is -0.118. The van der Waals surface area contributed by atoms with Gasteiger partial charge in [0.2, 0.25) is 5.91 Å². The summed E-state index contributed by atoms with van der Waals surface area (Å²) < 4.78 is 0. The maximum absolute atomic E-state index is 12.5. The smallest absolute Gasteiger partial charge is 0.335 e. The Morgan fingerprint density at radius 2 is 1.87 bits per heavy atom. The molecule has 0 radical (unpaired) electrons. The van der Waals surface area contributed by atoms with Crippen molar-refractivity contribution >= 4 is 17.6 Å². The molecule has 4 heteroatoms. The highest BCUT2D eigenvalue weighted by molar-refractivity contribution is 5.95. The van der Waals surface area contributed by atoms with Crippen LogP contribution in [0.5, 0.6) is 0 Å². The van der Waals surface area contributed by atoms with Crippen LogP contribution in [0.1, 0.15) is 33.5 Å². The van der Waals surface area contributed by atoms with E-state index in [0.29, 0.717) is 12.8 Å². The van der Waals surface area contributed by atoms with E-state index in [0.717, 1.165) is 24.2 Å². The van der Waals surface area contributed by atoms with Gasteiger partial charge < -0.3 is 10.0 Å². The topological polar surface area (TPSA) is 57.6 Å². The van der Waals surface area contributed by atoms with Crippen molar-refractivity contribution in [1.29, 1.82) is 0 Å². The number of benzene rings is 2. The molecule has 1 amide bonds. The molecule has 2 aromatic rings. The van der Waals surface area contributed by atoms with Gasteiger partial charge in [0.25, 0.3) is 0 Å². The molecule has 1 aliphatic rings. The Morgan fingerprint density at radius 3 is 2.57 bits per heavy atom. The Hall–Kier alpha value is -2.62. The number of carbonyl (C=O) groups excluding carboxylic acids is 1. The summed E-state index contributed by atoms with van der Waals surface area (Å²) in [6.07, 6.45) is 1.96. The normalized spacial score (nSPS) is 13.0. The molecule has 23 heavy (non-hydrogen) atoms. The summed E-state index contributed by atoms with van der Waals surface area (Å²) in [5.74, 6) is -0.813. The number of carboxylic acids is 1. The molecule has 0 bridgehead atoms. The molecular formula is C19H19NO3. The van der Waals surface area contributed by atoms with E-state index in [4.69, 9.17) is 5.11 Å². The van der Waals surface area contributed by atoms with E-state index >= 15 is 0 Å². The van der Waals surface area contributed by atoms with Crippen LogP contribution in [0.3, 0.4) is 0 Å². The third-order valence-corrected chi connectivity index (χ3v) is 4.26. The molecule has 3 rings (SSSR count). The minimum atomic E-state index is -0.934. The fourth-order valence-electron chi connectivity index (χ4n) is 2.99. The molecule has 0 unspecified atom stereocenters. The molecule has 0 aliphatic carbocycles. The summed E-state index contributed by atoms with van der Waals surface area (Å²) in [5, 5.41) is 8.89. The van der Waals surface area contributed by atoms with Gasteiger partial charge in [-0.3, -0.25) is 4.79 Å². The lowest BCUT2D eigenvalue weighted by Gasteiger charge is -2.17. The van der Waals surface area contributed by atoms with Crippen molar-refractivity contribution in [3.63, 3.8) is 0 Å². The SMILES string of the molecule is Cc1ccc2c(c1)CCN2C(=O)CCc1ccc(C(=O)O)cc1. The third-order valence-electron chi connectivity index (χ3n) is 4.26. The number of aromatic carboxylic acids is 1. The maximum atomic E-state index is 12.5. The van der Waals surface area contributed by atoms with Crippen molar-refractivity contribution in [2.24, 2.45) is 0 Å². The first-order valence-corrected chi connectivity index (χ1v) is 7.77. The van der Waals surface area contributed by atoms with Crippen LogP contribution in [-0.4, -0.2) is 23.5 Å². The fourth-order valence-corrected chi connectivity index (χ4v) is 2.99. The van der Waals surface area contributed by atoms with Gasteiger partial charge in [0.05, 0.1) is 5.56 Å². The first-order chi connectivity index (χ1) is 11.0. The van der Waals surface area contributed by atoms with Crippen molar-refractivity contribution in [1.82, 2.24) is 0 Å². The van der Waals surface area contributed by atoms with E-state index in [1.54, 1.807) is 24.3 Å². The fraction of sp³-hybridized carbons (Fsp3) is 0.263. The summed E-state index contributed by atoms with van der Waals surface area (Å²) in [6.45, 7) is 2.81. The summed E-state index contributed by atoms with van der Waals surface area (Å²) >= 11 is 0. The van der Waals surface area contributed by atoms with E-state index in [1.165, 1.54) is 11.1 Å². The summed E-state index contributed by atoms with van der Waals surface area (Å²) in [4.78, 5) is 25.2. The highest BCUT2D eigenvalue weighted by Gasteiger charge is 2.24. The van der Waals surface area contributed by atoms with Crippen LogP contribution in [-0.2, 0) is 17.6 Å². The van der Waals surface area contributed by atoms with Crippen LogP contribution >= 0.6 is 0 Å². The Bertz CT molecular complexity index is 750. The van der Waals surface area contributed by atoms with Gasteiger partial charge in [-0.1, -0.05) is 29.8 Å². The Labute approximate surface area is 135 Å². The number of nitrogens with zero attached hydrogens (tertiary/aromatic N) is 1. The average Bonchev–Trinajstić information content (AvgIpc) is 2.96. The number of aryl methyl sites for hydroxylation is 2. The minimum Gasteiger partial charge on any atom is -0.478 e. The molecule has 118 valence electrons. The quantitative estimate of drug-likeness (QED) is 0.943. The van der Waals surface area contributed by atoms with Crippen LogP contribution in [0.2, 0.25) is 0 Å². The number of fused-ring (bicyclic) bond motifs is 1. The van der Waals surface area contributed by atoms with Crippen molar-refractivity contribution < 1.29 is 14.7 Å². The molecule has 2 aromatic carbocycles. The molecule has 1 N–H and O–H groups in total. The molecule has 0 atom stereocenters. The zero-order valence-corrected chi connectivity index (χ0v) is 13.1. The maximum Gasteiger partial charge on any atom is 0.335 e. The van der Waals surface area contributed by atoms with Gasteiger partial charge in [-0.15, -0.1) is 0 Å². The summed E-state index contributed by atoms with van der Waals surface area (Å²) in [6, 6.07) is 12.9. The van der Waals surface area contributed by atoms with E-state index in [2.05, 4.69) is 13.0 Å². The second-order valence-electron chi connectivity index (χ2n) is 5.93. The molecule has 1 heterocycles. The number of rotatable bonds is 4. The molecule has 0 aromatic heterocycles. The molecule has 0 spiro atoms. The second-order valence-corrected chi connectivity index (χ2v) is 5.93. The van der Waals surface area contributed by atoms with Crippen molar-refractivity contribution in [3.05, 3.63) is 64.7 Å². The van der Waals surface area contributed by atoms with E-state index in [-0.39, 0.29) is 11.5 Å². The number of carbonyl (C=O) groups is 2. The molecule has 0 fully saturated rings. The van der Waals surface area contributed by atoms with Gasteiger partial charge >= 0.3 is 5.97 Å².